The molecule has 23 heavy (non-hydrogen) atoms. The van der Waals surface area contributed by atoms with Gasteiger partial charge in [0.2, 0.25) is 5.91 Å². The fourth-order valence-electron chi connectivity index (χ4n) is 3.22. The summed E-state index contributed by atoms with van der Waals surface area (Å²) >= 11 is 0. The van der Waals surface area contributed by atoms with Crippen molar-refractivity contribution < 1.29 is 4.79 Å². The number of hydrogen-bond acceptors (Lipinski definition) is 3. The lowest BCUT2D eigenvalue weighted by Crippen LogP contribution is -2.44. The van der Waals surface area contributed by atoms with E-state index in [2.05, 4.69) is 36.2 Å². The zero-order valence-electron chi connectivity index (χ0n) is 14.7. The number of rotatable bonds is 4. The summed E-state index contributed by atoms with van der Waals surface area (Å²) in [6.07, 6.45) is 4.30. The molecule has 2 heterocycles. The van der Waals surface area contributed by atoms with Gasteiger partial charge in [-0.3, -0.25) is 14.5 Å². The Bertz CT molecular complexity index is 586. The summed E-state index contributed by atoms with van der Waals surface area (Å²) in [4.78, 5) is 19.0. The highest BCUT2D eigenvalue weighted by molar-refractivity contribution is 5.81. The number of aryl methyl sites for hydroxylation is 1. The molecule has 1 saturated heterocycles. The van der Waals surface area contributed by atoms with Crippen LogP contribution >= 0.6 is 0 Å². The summed E-state index contributed by atoms with van der Waals surface area (Å²) in [5, 5.41) is 7.26. The SMILES string of the molecule is CCNC(N)=NC[C@@H]1CC(=O)N(C(C)(C)C)[C@H]1c1cnn(C)c1. The topological polar surface area (TPSA) is 88.5 Å². The minimum absolute atomic E-state index is 0.0191. The number of carbonyl (C=O) groups is 1. The highest BCUT2D eigenvalue weighted by Crippen LogP contribution is 2.42. The monoisotopic (exact) mass is 320 g/mol. The molecule has 7 heteroatoms. The highest BCUT2D eigenvalue weighted by Gasteiger charge is 2.45. The lowest BCUT2D eigenvalue weighted by atomic mass is 9.93. The Labute approximate surface area is 137 Å². The van der Waals surface area contributed by atoms with Crippen LogP contribution in [0.2, 0.25) is 0 Å². The van der Waals surface area contributed by atoms with Crippen molar-refractivity contribution in [1.29, 1.82) is 0 Å². The van der Waals surface area contributed by atoms with E-state index >= 15 is 0 Å². The van der Waals surface area contributed by atoms with Gasteiger partial charge in [-0.15, -0.1) is 0 Å². The summed E-state index contributed by atoms with van der Waals surface area (Å²) in [6, 6.07) is -0.0191. The van der Waals surface area contributed by atoms with E-state index in [1.165, 1.54) is 0 Å². The lowest BCUT2D eigenvalue weighted by molar-refractivity contribution is -0.133. The molecule has 3 N–H and O–H groups in total. The molecule has 7 nitrogen and oxygen atoms in total. The van der Waals surface area contributed by atoms with Gasteiger partial charge in [0.05, 0.1) is 12.2 Å². The van der Waals surface area contributed by atoms with Gasteiger partial charge in [0.25, 0.3) is 0 Å². The largest absolute Gasteiger partial charge is 0.370 e. The smallest absolute Gasteiger partial charge is 0.223 e. The van der Waals surface area contributed by atoms with Crippen LogP contribution in [0.15, 0.2) is 17.4 Å². The molecule has 1 aliphatic heterocycles. The van der Waals surface area contributed by atoms with Crippen LogP contribution in [-0.4, -0.2) is 45.2 Å². The van der Waals surface area contributed by atoms with Gasteiger partial charge in [0.15, 0.2) is 5.96 Å². The Morgan fingerprint density at radius 1 is 1.52 bits per heavy atom. The molecule has 1 fully saturated rings. The van der Waals surface area contributed by atoms with E-state index in [-0.39, 0.29) is 23.4 Å². The maximum absolute atomic E-state index is 12.6. The summed E-state index contributed by atoms with van der Waals surface area (Å²) in [7, 11) is 1.89. The van der Waals surface area contributed by atoms with Crippen LogP contribution in [0.5, 0.6) is 0 Å². The predicted octanol–water partition coefficient (Wildman–Crippen LogP) is 1.03. The number of likely N-dealkylation sites (tertiary alicyclic amines) is 1. The molecule has 2 rings (SSSR count). The molecule has 1 aromatic rings. The second-order valence-corrected chi connectivity index (χ2v) is 7.05. The van der Waals surface area contributed by atoms with Crippen LogP contribution in [0, 0.1) is 5.92 Å². The third-order valence-electron chi connectivity index (χ3n) is 4.07. The van der Waals surface area contributed by atoms with E-state index in [4.69, 9.17) is 5.73 Å². The van der Waals surface area contributed by atoms with Gasteiger partial charge in [-0.25, -0.2) is 0 Å². The van der Waals surface area contributed by atoms with Crippen LogP contribution in [0.1, 0.15) is 45.7 Å². The molecule has 0 saturated carbocycles. The Morgan fingerprint density at radius 2 is 2.22 bits per heavy atom. The molecule has 0 bridgehead atoms. The third kappa shape index (κ3) is 3.83. The van der Waals surface area contributed by atoms with E-state index in [0.29, 0.717) is 18.9 Å². The molecule has 1 aliphatic rings. The van der Waals surface area contributed by atoms with Gasteiger partial charge in [0.1, 0.15) is 0 Å². The Morgan fingerprint density at radius 3 is 2.74 bits per heavy atom. The van der Waals surface area contributed by atoms with Crippen molar-refractivity contribution in [2.45, 2.75) is 45.7 Å². The van der Waals surface area contributed by atoms with Crippen molar-refractivity contribution in [3.63, 3.8) is 0 Å². The van der Waals surface area contributed by atoms with E-state index in [9.17, 15) is 4.79 Å². The first-order valence-corrected chi connectivity index (χ1v) is 8.08. The third-order valence-corrected chi connectivity index (χ3v) is 4.07. The molecule has 2 atom stereocenters. The van der Waals surface area contributed by atoms with Crippen LogP contribution in [0.3, 0.4) is 0 Å². The van der Waals surface area contributed by atoms with Crippen molar-refractivity contribution in [2.24, 2.45) is 23.7 Å². The average Bonchev–Trinajstić information content (AvgIpc) is 2.99. The molecular weight excluding hydrogens is 292 g/mol. The first kappa shape index (κ1) is 17.3. The molecule has 0 unspecified atom stereocenters. The van der Waals surface area contributed by atoms with Gasteiger partial charge < -0.3 is 16.0 Å². The maximum atomic E-state index is 12.6. The fourth-order valence-corrected chi connectivity index (χ4v) is 3.22. The molecule has 1 aromatic heterocycles. The van der Waals surface area contributed by atoms with Crippen molar-refractivity contribution >= 4 is 11.9 Å². The van der Waals surface area contributed by atoms with Gasteiger partial charge in [0, 0.05) is 49.8 Å². The number of nitrogens with one attached hydrogen (secondary N) is 1. The number of nitrogens with zero attached hydrogens (tertiary/aromatic N) is 4. The van der Waals surface area contributed by atoms with E-state index in [0.717, 1.165) is 12.1 Å². The number of aromatic nitrogens is 2. The number of nitrogens with two attached hydrogens (primary N) is 1. The van der Waals surface area contributed by atoms with Crippen molar-refractivity contribution in [3.8, 4) is 0 Å². The molecule has 128 valence electrons. The van der Waals surface area contributed by atoms with Crippen LogP contribution in [0.25, 0.3) is 0 Å². The first-order chi connectivity index (χ1) is 10.7. The first-order valence-electron chi connectivity index (χ1n) is 8.08. The van der Waals surface area contributed by atoms with Crippen LogP contribution < -0.4 is 11.1 Å². The number of hydrogen-bond donors (Lipinski definition) is 2. The van der Waals surface area contributed by atoms with Gasteiger partial charge in [-0.2, -0.15) is 5.10 Å². The lowest BCUT2D eigenvalue weighted by Gasteiger charge is -2.38. The number of aliphatic imine (C=N–C) groups is 1. The molecule has 0 aromatic carbocycles. The number of amides is 1. The standard InChI is InChI=1S/C16H28N6O/c1-6-18-15(17)19-8-11-7-13(23)22(16(2,3)4)14(11)12-9-20-21(5)10-12/h9-11,14H,6-8H2,1-5H3,(H3,17,18,19)/t11-,14+/m0/s1. The minimum Gasteiger partial charge on any atom is -0.370 e. The second kappa shape index (κ2) is 6.60. The van der Waals surface area contributed by atoms with Gasteiger partial charge >= 0.3 is 0 Å². The second-order valence-electron chi connectivity index (χ2n) is 7.05. The van der Waals surface area contributed by atoms with E-state index < -0.39 is 0 Å². The molecular formula is C16H28N6O. The van der Waals surface area contributed by atoms with Crippen molar-refractivity contribution in [2.75, 3.05) is 13.1 Å². The fraction of sp³-hybridized carbons (Fsp3) is 0.688. The Hall–Kier alpha value is -2.05. The van der Waals surface area contributed by atoms with Crippen LogP contribution in [0.4, 0.5) is 0 Å². The van der Waals surface area contributed by atoms with Crippen molar-refractivity contribution in [3.05, 3.63) is 18.0 Å². The minimum atomic E-state index is -0.247. The maximum Gasteiger partial charge on any atom is 0.223 e. The van der Waals surface area contributed by atoms with Gasteiger partial charge in [-0.1, -0.05) is 0 Å². The van der Waals surface area contributed by atoms with Crippen LogP contribution in [-0.2, 0) is 11.8 Å². The number of guanidine groups is 1. The molecule has 0 aliphatic carbocycles. The predicted molar refractivity (Wildman–Crippen MR) is 90.8 cm³/mol. The highest BCUT2D eigenvalue weighted by atomic mass is 16.2. The van der Waals surface area contributed by atoms with E-state index in [1.807, 2.05) is 31.3 Å². The summed E-state index contributed by atoms with van der Waals surface area (Å²) in [5.41, 5.74) is 6.63. The summed E-state index contributed by atoms with van der Waals surface area (Å²) < 4.78 is 1.77. The number of carbonyl (C=O) groups excluding carboxylic acids is 1. The molecule has 1 amide bonds. The zero-order chi connectivity index (χ0) is 17.2. The molecule has 0 radical (unpaired) electrons. The zero-order valence-corrected chi connectivity index (χ0v) is 14.7. The summed E-state index contributed by atoms with van der Waals surface area (Å²) in [6.45, 7) is 9.42. The molecule has 0 spiro atoms. The summed E-state index contributed by atoms with van der Waals surface area (Å²) in [5.74, 6) is 0.691. The Kier molecular flexibility index (Phi) is 4.97. The van der Waals surface area contributed by atoms with Crippen molar-refractivity contribution in [1.82, 2.24) is 20.0 Å². The normalized spacial score (nSPS) is 22.7. The van der Waals surface area contributed by atoms with E-state index in [1.54, 1.807) is 4.68 Å². The van der Waals surface area contributed by atoms with Gasteiger partial charge in [-0.05, 0) is 27.7 Å². The quantitative estimate of drug-likeness (QED) is 0.641. The Balaban J connectivity index is 2.30. The average molecular weight is 320 g/mol.